The van der Waals surface area contributed by atoms with E-state index in [-0.39, 0.29) is 24.2 Å². The summed E-state index contributed by atoms with van der Waals surface area (Å²) in [7, 11) is 0. The maximum Gasteiger partial charge on any atom is 0.260 e. The second-order valence-corrected chi connectivity index (χ2v) is 5.54. The third-order valence-electron chi connectivity index (χ3n) is 3.88. The van der Waals surface area contributed by atoms with Crippen LogP contribution < -0.4 is 15.8 Å². The highest BCUT2D eigenvalue weighted by molar-refractivity contribution is 5.81. The Labute approximate surface area is 124 Å². The number of halogens is 1. The Bertz CT molecular complexity index is 487. The minimum Gasteiger partial charge on any atom is -0.477 e. The average Bonchev–Trinajstić information content (AvgIpc) is 2.50. The molecule has 0 heterocycles. The Kier molecular flexibility index (Phi) is 5.56. The van der Waals surface area contributed by atoms with E-state index in [4.69, 9.17) is 10.5 Å². The number of benzene rings is 1. The number of amides is 1. The molecule has 1 aliphatic carbocycles. The fourth-order valence-corrected chi connectivity index (χ4v) is 2.64. The number of hydrogen-bond donors (Lipinski definition) is 2. The lowest BCUT2D eigenvalue weighted by Crippen LogP contribution is -2.43. The third-order valence-corrected chi connectivity index (χ3v) is 3.88. The molecule has 4 nitrogen and oxygen atoms in total. The van der Waals surface area contributed by atoms with Gasteiger partial charge < -0.3 is 15.8 Å². The third kappa shape index (κ3) is 4.17. The predicted octanol–water partition coefficient (Wildman–Crippen LogP) is 2.50. The van der Waals surface area contributed by atoms with Crippen molar-refractivity contribution in [3.8, 4) is 5.75 Å². The summed E-state index contributed by atoms with van der Waals surface area (Å²) in [5.41, 5.74) is 6.14. The van der Waals surface area contributed by atoms with Crippen LogP contribution in [0, 0.1) is 5.82 Å². The summed E-state index contributed by atoms with van der Waals surface area (Å²) in [5, 5.41) is 2.98. The lowest BCUT2D eigenvalue weighted by Gasteiger charge is -2.25. The number of nitrogens with two attached hydrogens (primary N) is 1. The number of carbonyl (C=O) groups excluding carboxylic acids is 1. The van der Waals surface area contributed by atoms with Crippen molar-refractivity contribution >= 4 is 5.91 Å². The zero-order valence-corrected chi connectivity index (χ0v) is 12.4. The number of ether oxygens (including phenoxy) is 1. The van der Waals surface area contributed by atoms with E-state index in [0.717, 1.165) is 25.7 Å². The van der Waals surface area contributed by atoms with Crippen molar-refractivity contribution in [3.05, 3.63) is 29.6 Å². The minimum atomic E-state index is -0.742. The number of nitrogens with one attached hydrogen (secondary N) is 1. The summed E-state index contributed by atoms with van der Waals surface area (Å²) >= 11 is 0. The SMILES string of the molecule is CC(Oc1c(F)cccc1CN)C(=O)NC1CCCCC1. The molecule has 1 saturated carbocycles. The van der Waals surface area contributed by atoms with Crippen LogP contribution in [0.1, 0.15) is 44.6 Å². The molecule has 0 aromatic heterocycles. The maximum absolute atomic E-state index is 13.8. The van der Waals surface area contributed by atoms with Crippen LogP contribution in [-0.2, 0) is 11.3 Å². The molecule has 5 heteroatoms. The number of rotatable bonds is 5. The van der Waals surface area contributed by atoms with E-state index >= 15 is 0 Å². The molecule has 0 spiro atoms. The lowest BCUT2D eigenvalue weighted by molar-refractivity contribution is -0.128. The lowest BCUT2D eigenvalue weighted by atomic mass is 9.95. The first kappa shape index (κ1) is 15.8. The first-order valence-electron chi connectivity index (χ1n) is 7.56. The second-order valence-electron chi connectivity index (χ2n) is 5.54. The molecule has 0 radical (unpaired) electrons. The standard InChI is InChI=1S/C16H23FN2O2/c1-11(16(20)19-13-7-3-2-4-8-13)21-15-12(10-18)6-5-9-14(15)17/h5-6,9,11,13H,2-4,7-8,10,18H2,1H3,(H,19,20). The molecular formula is C16H23FN2O2. The largest absolute Gasteiger partial charge is 0.477 e. The van der Waals surface area contributed by atoms with Gasteiger partial charge in [-0.15, -0.1) is 0 Å². The van der Waals surface area contributed by atoms with Gasteiger partial charge in [0.15, 0.2) is 17.7 Å². The maximum atomic E-state index is 13.8. The second kappa shape index (κ2) is 7.41. The van der Waals surface area contributed by atoms with Gasteiger partial charge in [0.2, 0.25) is 0 Å². The van der Waals surface area contributed by atoms with E-state index in [2.05, 4.69) is 5.32 Å². The van der Waals surface area contributed by atoms with E-state index in [0.29, 0.717) is 5.56 Å². The molecule has 1 aliphatic rings. The Balaban J connectivity index is 1.97. The van der Waals surface area contributed by atoms with E-state index in [1.165, 1.54) is 12.5 Å². The summed E-state index contributed by atoms with van der Waals surface area (Å²) in [6.45, 7) is 1.80. The monoisotopic (exact) mass is 294 g/mol. The van der Waals surface area contributed by atoms with Crippen LogP contribution in [0.15, 0.2) is 18.2 Å². The molecule has 0 bridgehead atoms. The molecule has 3 N–H and O–H groups in total. The first-order chi connectivity index (χ1) is 10.1. The Hall–Kier alpha value is -1.62. The van der Waals surface area contributed by atoms with Crippen LogP contribution >= 0.6 is 0 Å². The minimum absolute atomic E-state index is 0.0753. The molecule has 116 valence electrons. The zero-order chi connectivity index (χ0) is 15.2. The van der Waals surface area contributed by atoms with Crippen LogP contribution in [-0.4, -0.2) is 18.1 Å². The quantitative estimate of drug-likeness (QED) is 0.877. The van der Waals surface area contributed by atoms with Crippen molar-refractivity contribution in [3.63, 3.8) is 0 Å². The smallest absolute Gasteiger partial charge is 0.260 e. The van der Waals surface area contributed by atoms with Crippen molar-refractivity contribution in [1.29, 1.82) is 0 Å². The van der Waals surface area contributed by atoms with Gasteiger partial charge in [0.1, 0.15) is 0 Å². The molecule has 1 unspecified atom stereocenters. The van der Waals surface area contributed by atoms with E-state index in [9.17, 15) is 9.18 Å². The molecule has 1 aromatic rings. The van der Waals surface area contributed by atoms with Gasteiger partial charge in [0.05, 0.1) is 0 Å². The van der Waals surface area contributed by atoms with Gasteiger partial charge in [0.25, 0.3) is 5.91 Å². The summed E-state index contributed by atoms with van der Waals surface area (Å²) in [4.78, 5) is 12.1. The van der Waals surface area contributed by atoms with Crippen LogP contribution in [0.4, 0.5) is 4.39 Å². The first-order valence-corrected chi connectivity index (χ1v) is 7.56. The zero-order valence-electron chi connectivity index (χ0n) is 12.4. The van der Waals surface area contributed by atoms with Crippen molar-refractivity contribution < 1.29 is 13.9 Å². The predicted molar refractivity (Wildman–Crippen MR) is 79.4 cm³/mol. The van der Waals surface area contributed by atoms with E-state index < -0.39 is 11.9 Å². The average molecular weight is 294 g/mol. The number of carbonyl (C=O) groups is 1. The summed E-state index contributed by atoms with van der Waals surface area (Å²) in [6, 6.07) is 4.80. The van der Waals surface area contributed by atoms with Crippen LogP contribution in [0.25, 0.3) is 0 Å². The number of hydrogen-bond acceptors (Lipinski definition) is 3. The van der Waals surface area contributed by atoms with Gasteiger partial charge in [-0.25, -0.2) is 4.39 Å². The Morgan fingerprint density at radius 2 is 2.14 bits per heavy atom. The molecule has 21 heavy (non-hydrogen) atoms. The van der Waals surface area contributed by atoms with Gasteiger partial charge in [-0.1, -0.05) is 31.4 Å². The Morgan fingerprint density at radius 3 is 2.81 bits per heavy atom. The molecule has 0 aliphatic heterocycles. The van der Waals surface area contributed by atoms with Crippen molar-refractivity contribution in [2.45, 2.75) is 57.7 Å². The molecule has 1 fully saturated rings. The number of para-hydroxylation sites is 1. The normalized spacial score (nSPS) is 17.3. The molecule has 0 saturated heterocycles. The van der Waals surface area contributed by atoms with E-state index in [1.54, 1.807) is 19.1 Å². The van der Waals surface area contributed by atoms with E-state index in [1.807, 2.05) is 0 Å². The highest BCUT2D eigenvalue weighted by atomic mass is 19.1. The molecule has 2 rings (SSSR count). The van der Waals surface area contributed by atoms with Gasteiger partial charge in [-0.2, -0.15) is 0 Å². The highest BCUT2D eigenvalue weighted by Crippen LogP contribution is 2.24. The fourth-order valence-electron chi connectivity index (χ4n) is 2.64. The Morgan fingerprint density at radius 1 is 1.43 bits per heavy atom. The van der Waals surface area contributed by atoms with Crippen molar-refractivity contribution in [1.82, 2.24) is 5.32 Å². The topological polar surface area (TPSA) is 64.3 Å². The van der Waals surface area contributed by atoms with Crippen molar-refractivity contribution in [2.24, 2.45) is 5.73 Å². The van der Waals surface area contributed by atoms with Crippen LogP contribution in [0.5, 0.6) is 5.75 Å². The summed E-state index contributed by atoms with van der Waals surface area (Å²) in [6.07, 6.45) is 4.79. The molecular weight excluding hydrogens is 271 g/mol. The highest BCUT2D eigenvalue weighted by Gasteiger charge is 2.22. The van der Waals surface area contributed by atoms with Gasteiger partial charge in [-0.3, -0.25) is 4.79 Å². The van der Waals surface area contributed by atoms with Gasteiger partial charge in [-0.05, 0) is 25.8 Å². The summed E-state index contributed by atoms with van der Waals surface area (Å²) in [5.74, 6) is -0.616. The fraction of sp³-hybridized carbons (Fsp3) is 0.562. The van der Waals surface area contributed by atoms with Gasteiger partial charge >= 0.3 is 0 Å². The van der Waals surface area contributed by atoms with Crippen LogP contribution in [0.2, 0.25) is 0 Å². The van der Waals surface area contributed by atoms with Crippen LogP contribution in [0.3, 0.4) is 0 Å². The molecule has 1 amide bonds. The van der Waals surface area contributed by atoms with Gasteiger partial charge in [0, 0.05) is 18.2 Å². The molecule has 1 atom stereocenters. The molecule has 1 aromatic carbocycles. The summed E-state index contributed by atoms with van der Waals surface area (Å²) < 4.78 is 19.3. The van der Waals surface area contributed by atoms with Crippen molar-refractivity contribution in [2.75, 3.05) is 0 Å².